The van der Waals surface area contributed by atoms with Gasteiger partial charge >= 0.3 is 0 Å². The number of hydrogen-bond acceptors (Lipinski definition) is 4. The van der Waals surface area contributed by atoms with E-state index in [4.69, 9.17) is 23.2 Å². The van der Waals surface area contributed by atoms with E-state index in [1.807, 2.05) is 30.3 Å². The summed E-state index contributed by atoms with van der Waals surface area (Å²) in [7, 11) is 0. The van der Waals surface area contributed by atoms with E-state index in [9.17, 15) is 9.59 Å². The normalized spacial score (nSPS) is 10.4. The Morgan fingerprint density at radius 2 is 1.81 bits per heavy atom. The number of H-pyrrole nitrogens is 1. The highest BCUT2D eigenvalue weighted by Gasteiger charge is 2.15. The van der Waals surface area contributed by atoms with E-state index in [0.717, 1.165) is 5.56 Å². The summed E-state index contributed by atoms with van der Waals surface area (Å²) in [6.07, 6.45) is 0. The number of anilines is 1. The highest BCUT2D eigenvalue weighted by molar-refractivity contribution is 6.35. The van der Waals surface area contributed by atoms with Crippen molar-refractivity contribution >= 4 is 40.8 Å². The van der Waals surface area contributed by atoms with Crippen LogP contribution in [0.3, 0.4) is 0 Å². The Kier molecular flexibility index (Phi) is 5.50. The van der Waals surface area contributed by atoms with Gasteiger partial charge in [0.05, 0.1) is 5.56 Å². The zero-order valence-electron chi connectivity index (χ0n) is 13.3. The highest BCUT2D eigenvalue weighted by atomic mass is 35.5. The summed E-state index contributed by atoms with van der Waals surface area (Å²) in [5, 5.41) is 12.0. The predicted octanol–water partition coefficient (Wildman–Crippen LogP) is 3.29. The molecule has 0 aliphatic carbocycles. The second-order valence-corrected chi connectivity index (χ2v) is 6.01. The summed E-state index contributed by atoms with van der Waals surface area (Å²) in [6.45, 7) is 0.375. The van der Waals surface area contributed by atoms with Crippen molar-refractivity contribution in [3.63, 3.8) is 0 Å². The van der Waals surface area contributed by atoms with Crippen molar-refractivity contribution in [1.82, 2.24) is 20.5 Å². The molecule has 2 amide bonds. The Bertz CT molecular complexity index is 943. The molecule has 3 N–H and O–H groups in total. The van der Waals surface area contributed by atoms with Crippen LogP contribution in [0.25, 0.3) is 0 Å². The van der Waals surface area contributed by atoms with Crippen LogP contribution in [-0.4, -0.2) is 27.0 Å². The van der Waals surface area contributed by atoms with Crippen molar-refractivity contribution in [3.8, 4) is 0 Å². The third kappa shape index (κ3) is 4.38. The van der Waals surface area contributed by atoms with Crippen LogP contribution in [0.2, 0.25) is 10.3 Å². The lowest BCUT2D eigenvalue weighted by atomic mass is 10.2. The molecule has 0 aliphatic heterocycles. The number of pyridine rings is 1. The molecular weight excluding hydrogens is 377 g/mol. The monoisotopic (exact) mass is 389 g/mol. The van der Waals surface area contributed by atoms with Crippen molar-refractivity contribution in [2.24, 2.45) is 0 Å². The maximum atomic E-state index is 12.2. The minimum Gasteiger partial charge on any atom is -0.347 e. The Morgan fingerprint density at radius 3 is 2.54 bits per heavy atom. The van der Waals surface area contributed by atoms with Crippen molar-refractivity contribution in [2.45, 2.75) is 6.54 Å². The van der Waals surface area contributed by atoms with Gasteiger partial charge in [-0.25, -0.2) is 4.98 Å². The first-order valence-corrected chi connectivity index (χ1v) is 8.29. The fourth-order valence-electron chi connectivity index (χ4n) is 2.14. The molecule has 7 nitrogen and oxygen atoms in total. The second kappa shape index (κ2) is 7.99. The Balaban J connectivity index is 1.62. The number of aromatic nitrogens is 3. The van der Waals surface area contributed by atoms with Crippen LogP contribution in [-0.2, 0) is 6.54 Å². The molecule has 0 saturated carbocycles. The quantitative estimate of drug-likeness (QED) is 0.582. The van der Waals surface area contributed by atoms with Crippen LogP contribution in [0, 0.1) is 0 Å². The summed E-state index contributed by atoms with van der Waals surface area (Å²) < 4.78 is 0. The fraction of sp³-hybridized carbons (Fsp3) is 0.0588. The number of carbonyl (C=O) groups is 2. The Labute approximate surface area is 158 Å². The highest BCUT2D eigenvalue weighted by Crippen LogP contribution is 2.18. The van der Waals surface area contributed by atoms with Crippen LogP contribution >= 0.6 is 23.2 Å². The zero-order valence-corrected chi connectivity index (χ0v) is 14.8. The van der Waals surface area contributed by atoms with E-state index in [2.05, 4.69) is 25.8 Å². The third-order valence-corrected chi connectivity index (χ3v) is 3.91. The van der Waals surface area contributed by atoms with Crippen LogP contribution in [0.5, 0.6) is 0 Å². The van der Waals surface area contributed by atoms with Gasteiger partial charge in [0.15, 0.2) is 5.69 Å². The predicted molar refractivity (Wildman–Crippen MR) is 98.4 cm³/mol. The number of carbonyl (C=O) groups excluding carboxylic acids is 2. The summed E-state index contributed by atoms with van der Waals surface area (Å²) in [6, 6.07) is 13.8. The van der Waals surface area contributed by atoms with Crippen LogP contribution in [0.15, 0.2) is 48.5 Å². The number of benzene rings is 1. The molecule has 0 aliphatic rings. The molecule has 0 unspecified atom stereocenters. The van der Waals surface area contributed by atoms with E-state index >= 15 is 0 Å². The van der Waals surface area contributed by atoms with Gasteiger partial charge in [0.1, 0.15) is 16.1 Å². The summed E-state index contributed by atoms with van der Waals surface area (Å²) >= 11 is 11.6. The Morgan fingerprint density at radius 1 is 1.04 bits per heavy atom. The van der Waals surface area contributed by atoms with Gasteiger partial charge in [-0.15, -0.1) is 0 Å². The van der Waals surface area contributed by atoms with Crippen LogP contribution < -0.4 is 10.6 Å². The van der Waals surface area contributed by atoms with Gasteiger partial charge in [0.2, 0.25) is 0 Å². The molecule has 132 valence electrons. The molecule has 0 bridgehead atoms. The number of aromatic amines is 1. The van der Waals surface area contributed by atoms with Crippen LogP contribution in [0.4, 0.5) is 5.82 Å². The second-order valence-electron chi connectivity index (χ2n) is 5.26. The minimum atomic E-state index is -0.501. The van der Waals surface area contributed by atoms with Crippen molar-refractivity contribution in [1.29, 1.82) is 0 Å². The smallest absolute Gasteiger partial charge is 0.272 e. The molecule has 0 fully saturated rings. The lowest BCUT2D eigenvalue weighted by Gasteiger charge is -2.04. The maximum Gasteiger partial charge on any atom is 0.272 e. The SMILES string of the molecule is O=C(NCc1ccccc1)c1cc(NC(=O)c2ccc(Cl)nc2Cl)[nH]n1. The first-order chi connectivity index (χ1) is 12.5. The van der Waals surface area contributed by atoms with E-state index in [1.165, 1.54) is 18.2 Å². The Hall–Kier alpha value is -2.90. The van der Waals surface area contributed by atoms with Crippen LogP contribution in [0.1, 0.15) is 26.4 Å². The summed E-state index contributed by atoms with van der Waals surface area (Å²) in [5.41, 5.74) is 1.27. The molecule has 2 heterocycles. The summed E-state index contributed by atoms with van der Waals surface area (Å²) in [4.78, 5) is 28.1. The van der Waals surface area contributed by atoms with Gasteiger partial charge in [-0.1, -0.05) is 53.5 Å². The molecule has 26 heavy (non-hydrogen) atoms. The number of nitrogens with zero attached hydrogens (tertiary/aromatic N) is 2. The standard InChI is InChI=1S/C17H13Cl2N5O2/c18-13-7-6-11(15(19)21-13)16(25)22-14-8-12(23-24-14)17(26)20-9-10-4-2-1-3-5-10/h1-8H,9H2,(H,20,26)(H2,22,23,24,25). The molecule has 3 rings (SSSR count). The fourth-order valence-corrected chi connectivity index (χ4v) is 2.57. The number of hydrogen-bond donors (Lipinski definition) is 3. The van der Waals surface area contributed by atoms with E-state index < -0.39 is 5.91 Å². The lowest BCUT2D eigenvalue weighted by Crippen LogP contribution is -2.23. The molecule has 1 aromatic carbocycles. The van der Waals surface area contributed by atoms with E-state index in [-0.39, 0.29) is 33.3 Å². The molecule has 0 radical (unpaired) electrons. The van der Waals surface area contributed by atoms with Gasteiger partial charge < -0.3 is 10.6 Å². The van der Waals surface area contributed by atoms with Gasteiger partial charge in [0, 0.05) is 12.6 Å². The largest absolute Gasteiger partial charge is 0.347 e. The molecule has 2 aromatic heterocycles. The molecule has 0 atom stereocenters. The maximum absolute atomic E-state index is 12.2. The molecule has 0 saturated heterocycles. The number of nitrogens with one attached hydrogen (secondary N) is 3. The number of rotatable bonds is 5. The molecule has 9 heteroatoms. The molecular formula is C17H13Cl2N5O2. The van der Waals surface area contributed by atoms with Crippen molar-refractivity contribution in [3.05, 3.63) is 75.7 Å². The average Bonchev–Trinajstić information content (AvgIpc) is 3.09. The van der Waals surface area contributed by atoms with Gasteiger partial charge in [-0.05, 0) is 17.7 Å². The molecule has 3 aromatic rings. The number of amides is 2. The van der Waals surface area contributed by atoms with Gasteiger partial charge in [0.25, 0.3) is 11.8 Å². The topological polar surface area (TPSA) is 99.8 Å². The molecule has 0 spiro atoms. The van der Waals surface area contributed by atoms with Gasteiger partial charge in [-0.2, -0.15) is 5.10 Å². The average molecular weight is 390 g/mol. The third-order valence-electron chi connectivity index (χ3n) is 3.41. The zero-order chi connectivity index (χ0) is 18.5. The first kappa shape index (κ1) is 17.9. The van der Waals surface area contributed by atoms with Crippen molar-refractivity contribution < 1.29 is 9.59 Å². The van der Waals surface area contributed by atoms with Gasteiger partial charge in [-0.3, -0.25) is 14.7 Å². The summed E-state index contributed by atoms with van der Waals surface area (Å²) in [5.74, 6) is -0.610. The first-order valence-electron chi connectivity index (χ1n) is 7.54. The lowest BCUT2D eigenvalue weighted by molar-refractivity contribution is 0.0945. The number of halogens is 2. The van der Waals surface area contributed by atoms with E-state index in [0.29, 0.717) is 6.54 Å². The minimum absolute atomic E-state index is 0.0182. The van der Waals surface area contributed by atoms with E-state index in [1.54, 1.807) is 0 Å². The van der Waals surface area contributed by atoms with Crippen molar-refractivity contribution in [2.75, 3.05) is 5.32 Å².